The highest BCUT2D eigenvalue weighted by atomic mass is 35.5. The molecule has 0 radical (unpaired) electrons. The van der Waals surface area contributed by atoms with Crippen molar-refractivity contribution in [1.29, 1.82) is 5.41 Å². The number of hydrogen-bond donors (Lipinski definition) is 3. The van der Waals surface area contributed by atoms with Gasteiger partial charge < -0.3 is 11.1 Å². The van der Waals surface area contributed by atoms with Gasteiger partial charge in [-0.1, -0.05) is 17.7 Å². The summed E-state index contributed by atoms with van der Waals surface area (Å²) in [5.41, 5.74) is 6.00. The Balaban J connectivity index is 2.01. The number of halogens is 1. The summed E-state index contributed by atoms with van der Waals surface area (Å²) in [4.78, 5) is 12.3. The molecule has 1 fully saturated rings. The third-order valence-corrected chi connectivity index (χ3v) is 3.92. The third kappa shape index (κ3) is 3.40. The minimum atomic E-state index is -0.0781. The van der Waals surface area contributed by atoms with Crippen LogP contribution in [0.15, 0.2) is 23.1 Å². The fourth-order valence-electron chi connectivity index (χ4n) is 1.53. The molecule has 4 nitrogen and oxygen atoms in total. The lowest BCUT2D eigenvalue weighted by molar-refractivity contribution is -0.118. The molecule has 4 N–H and O–H groups in total. The van der Waals surface area contributed by atoms with E-state index in [1.165, 1.54) is 11.8 Å². The van der Waals surface area contributed by atoms with E-state index in [9.17, 15) is 4.79 Å². The van der Waals surface area contributed by atoms with Gasteiger partial charge in [0.05, 0.1) is 10.8 Å². The first-order chi connectivity index (χ1) is 8.58. The third-order valence-electron chi connectivity index (χ3n) is 2.55. The van der Waals surface area contributed by atoms with Crippen LogP contribution in [-0.2, 0) is 4.79 Å². The van der Waals surface area contributed by atoms with Crippen LogP contribution < -0.4 is 11.1 Å². The van der Waals surface area contributed by atoms with E-state index in [0.29, 0.717) is 22.4 Å². The van der Waals surface area contributed by atoms with Crippen LogP contribution in [0, 0.1) is 5.41 Å². The molecule has 0 aromatic heterocycles. The number of amidine groups is 1. The molecule has 0 unspecified atom stereocenters. The Morgan fingerprint density at radius 1 is 1.56 bits per heavy atom. The fourth-order valence-corrected chi connectivity index (χ4v) is 2.77. The van der Waals surface area contributed by atoms with Gasteiger partial charge in [-0.15, -0.1) is 11.8 Å². The Kier molecular flexibility index (Phi) is 4.14. The van der Waals surface area contributed by atoms with Crippen molar-refractivity contribution in [3.63, 3.8) is 0 Å². The van der Waals surface area contributed by atoms with Crippen LogP contribution in [0.1, 0.15) is 18.4 Å². The van der Waals surface area contributed by atoms with Crippen LogP contribution in [0.25, 0.3) is 0 Å². The molecule has 0 atom stereocenters. The average Bonchev–Trinajstić information content (AvgIpc) is 3.09. The summed E-state index contributed by atoms with van der Waals surface area (Å²) in [5, 5.41) is 10.9. The van der Waals surface area contributed by atoms with Gasteiger partial charge in [0.1, 0.15) is 5.84 Å². The van der Waals surface area contributed by atoms with E-state index in [0.717, 1.165) is 17.7 Å². The first-order valence-corrected chi connectivity index (χ1v) is 6.99. The minimum absolute atomic E-state index is 0.0111. The number of nitrogen functional groups attached to an aromatic ring is 1. The molecule has 0 bridgehead atoms. The van der Waals surface area contributed by atoms with Crippen LogP contribution in [0.4, 0.5) is 0 Å². The molecule has 0 aliphatic heterocycles. The van der Waals surface area contributed by atoms with E-state index in [2.05, 4.69) is 5.32 Å². The smallest absolute Gasteiger partial charge is 0.230 e. The van der Waals surface area contributed by atoms with E-state index in [1.54, 1.807) is 12.1 Å². The lowest BCUT2D eigenvalue weighted by Gasteiger charge is -2.09. The number of nitrogens with two attached hydrogens (primary N) is 1. The second-order valence-corrected chi connectivity index (χ2v) is 5.58. The Hall–Kier alpha value is -1.20. The monoisotopic (exact) mass is 283 g/mol. The molecule has 6 heteroatoms. The molecule has 1 saturated carbocycles. The van der Waals surface area contributed by atoms with Crippen LogP contribution in [0.2, 0.25) is 5.02 Å². The van der Waals surface area contributed by atoms with Crippen LogP contribution in [0.3, 0.4) is 0 Å². The zero-order chi connectivity index (χ0) is 13.1. The number of carbonyl (C=O) groups excluding carboxylic acids is 1. The van der Waals surface area contributed by atoms with Crippen molar-refractivity contribution in [2.45, 2.75) is 23.8 Å². The molecule has 0 heterocycles. The number of benzene rings is 1. The number of thioether (sulfide) groups is 1. The normalized spacial score (nSPS) is 14.3. The summed E-state index contributed by atoms with van der Waals surface area (Å²) in [6, 6.07) is 5.66. The van der Waals surface area contributed by atoms with E-state index >= 15 is 0 Å². The van der Waals surface area contributed by atoms with Crippen molar-refractivity contribution < 1.29 is 4.79 Å². The first-order valence-electron chi connectivity index (χ1n) is 5.63. The van der Waals surface area contributed by atoms with Gasteiger partial charge in [-0.25, -0.2) is 0 Å². The Labute approximate surface area is 115 Å². The van der Waals surface area contributed by atoms with Crippen molar-refractivity contribution in [2.24, 2.45) is 5.73 Å². The van der Waals surface area contributed by atoms with E-state index in [4.69, 9.17) is 22.7 Å². The summed E-state index contributed by atoms with van der Waals surface area (Å²) < 4.78 is 0. The molecular formula is C12H14ClN3OS. The number of hydrogen-bond acceptors (Lipinski definition) is 3. The molecule has 18 heavy (non-hydrogen) atoms. The Morgan fingerprint density at radius 3 is 2.89 bits per heavy atom. The van der Waals surface area contributed by atoms with E-state index < -0.39 is 0 Å². The van der Waals surface area contributed by atoms with Crippen molar-refractivity contribution >= 4 is 35.1 Å². The van der Waals surface area contributed by atoms with E-state index in [1.807, 2.05) is 6.07 Å². The van der Waals surface area contributed by atoms with Crippen molar-refractivity contribution in [1.82, 2.24) is 5.32 Å². The number of amides is 1. The molecule has 2 rings (SSSR count). The highest BCUT2D eigenvalue weighted by molar-refractivity contribution is 8.00. The summed E-state index contributed by atoms with van der Waals surface area (Å²) >= 11 is 7.35. The zero-order valence-corrected chi connectivity index (χ0v) is 11.3. The fraction of sp³-hybridized carbons (Fsp3) is 0.333. The molecule has 1 aliphatic rings. The topological polar surface area (TPSA) is 79.0 Å². The van der Waals surface area contributed by atoms with Crippen LogP contribution in [0.5, 0.6) is 0 Å². The Morgan fingerprint density at radius 2 is 2.28 bits per heavy atom. The van der Waals surface area contributed by atoms with Gasteiger partial charge in [0.25, 0.3) is 0 Å². The van der Waals surface area contributed by atoms with Gasteiger partial charge in [0, 0.05) is 16.5 Å². The highest BCUT2D eigenvalue weighted by Gasteiger charge is 2.23. The van der Waals surface area contributed by atoms with Gasteiger partial charge >= 0.3 is 0 Å². The summed E-state index contributed by atoms with van der Waals surface area (Å²) in [7, 11) is 0. The average molecular weight is 284 g/mol. The molecular weight excluding hydrogens is 270 g/mol. The summed E-state index contributed by atoms with van der Waals surface area (Å²) in [6.07, 6.45) is 2.15. The van der Waals surface area contributed by atoms with Gasteiger partial charge in [-0.3, -0.25) is 10.2 Å². The number of nitrogens with one attached hydrogen (secondary N) is 2. The molecule has 1 aromatic carbocycles. The predicted molar refractivity (Wildman–Crippen MR) is 74.4 cm³/mol. The molecule has 96 valence electrons. The van der Waals surface area contributed by atoms with Crippen LogP contribution >= 0.6 is 23.4 Å². The maximum atomic E-state index is 11.6. The van der Waals surface area contributed by atoms with Gasteiger partial charge in [0.2, 0.25) is 5.91 Å². The minimum Gasteiger partial charge on any atom is -0.384 e. The predicted octanol–water partition coefficient (Wildman–Crippen LogP) is 1.99. The Bertz CT molecular complexity index is 488. The maximum absolute atomic E-state index is 11.6. The molecule has 1 aromatic rings. The second-order valence-electron chi connectivity index (χ2n) is 4.16. The highest BCUT2D eigenvalue weighted by Crippen LogP contribution is 2.28. The van der Waals surface area contributed by atoms with Crippen molar-refractivity contribution in [2.75, 3.05) is 5.75 Å². The van der Waals surface area contributed by atoms with Crippen molar-refractivity contribution in [3.8, 4) is 0 Å². The van der Waals surface area contributed by atoms with Gasteiger partial charge in [-0.05, 0) is 25.0 Å². The van der Waals surface area contributed by atoms with E-state index in [-0.39, 0.29) is 11.7 Å². The van der Waals surface area contributed by atoms with Gasteiger partial charge in [0.15, 0.2) is 0 Å². The molecule has 1 aliphatic carbocycles. The maximum Gasteiger partial charge on any atom is 0.230 e. The molecule has 1 amide bonds. The quantitative estimate of drug-likeness (QED) is 0.439. The zero-order valence-electron chi connectivity index (χ0n) is 9.70. The van der Waals surface area contributed by atoms with Crippen molar-refractivity contribution in [3.05, 3.63) is 28.8 Å². The second kappa shape index (κ2) is 5.63. The first kappa shape index (κ1) is 13.2. The standard InChI is InChI=1S/C12H14ClN3OS/c13-8-2-1-3-9(11(8)12(14)15)18-6-10(17)16-7-4-5-7/h1-3,7H,4-6H2,(H3,14,15)(H,16,17). The lowest BCUT2D eigenvalue weighted by atomic mass is 10.2. The summed E-state index contributed by atoms with van der Waals surface area (Å²) in [6.45, 7) is 0. The molecule has 0 saturated heterocycles. The van der Waals surface area contributed by atoms with Crippen LogP contribution in [-0.4, -0.2) is 23.5 Å². The number of rotatable bonds is 5. The van der Waals surface area contributed by atoms with Gasteiger partial charge in [-0.2, -0.15) is 0 Å². The largest absolute Gasteiger partial charge is 0.384 e. The SMILES string of the molecule is N=C(N)c1c(Cl)cccc1SCC(=O)NC1CC1. The number of carbonyl (C=O) groups is 1. The summed E-state index contributed by atoms with van der Waals surface area (Å²) in [5.74, 6) is 0.250. The molecule has 0 spiro atoms. The lowest BCUT2D eigenvalue weighted by Crippen LogP contribution is -2.27.